The van der Waals surface area contributed by atoms with Crippen LogP contribution in [0.5, 0.6) is 0 Å². The molecule has 0 amide bonds. The van der Waals surface area contributed by atoms with Crippen molar-refractivity contribution < 1.29 is 17.5 Å². The molecule has 0 saturated carbocycles. The second kappa shape index (κ2) is 5.95. The molecule has 1 aliphatic heterocycles. The van der Waals surface area contributed by atoms with Crippen molar-refractivity contribution >= 4 is 21.6 Å². The summed E-state index contributed by atoms with van der Waals surface area (Å²) in [5.74, 6) is -0.788. The molecule has 1 fully saturated rings. The van der Waals surface area contributed by atoms with Gasteiger partial charge in [0.25, 0.3) is 0 Å². The summed E-state index contributed by atoms with van der Waals surface area (Å²) < 4.78 is 45.0. The van der Waals surface area contributed by atoms with Crippen LogP contribution >= 0.6 is 11.6 Å². The Morgan fingerprint density at radius 3 is 2.80 bits per heavy atom. The molecule has 8 heteroatoms. The zero-order chi connectivity index (χ0) is 14.9. The van der Waals surface area contributed by atoms with E-state index >= 15 is 0 Å². The molecule has 1 atom stereocenters. The molecule has 0 radical (unpaired) electrons. The molecule has 1 aromatic rings. The molecule has 112 valence electrons. The van der Waals surface area contributed by atoms with Gasteiger partial charge in [-0.2, -0.15) is 4.31 Å². The lowest BCUT2D eigenvalue weighted by molar-refractivity contribution is 0.181. The number of nitrogens with zero attached hydrogens (tertiary/aromatic N) is 1. The van der Waals surface area contributed by atoms with Gasteiger partial charge in [-0.1, -0.05) is 11.6 Å². The van der Waals surface area contributed by atoms with Gasteiger partial charge in [0.2, 0.25) is 10.0 Å². The largest absolute Gasteiger partial charge is 0.380 e. The van der Waals surface area contributed by atoms with Gasteiger partial charge in [-0.3, -0.25) is 0 Å². The summed E-state index contributed by atoms with van der Waals surface area (Å²) in [6, 6.07) is 2.00. The van der Waals surface area contributed by atoms with Crippen LogP contribution in [0, 0.1) is 5.82 Å². The summed E-state index contributed by atoms with van der Waals surface area (Å²) in [5, 5.41) is -0.140. The first-order valence-corrected chi connectivity index (χ1v) is 7.93. The van der Waals surface area contributed by atoms with Gasteiger partial charge >= 0.3 is 0 Å². The van der Waals surface area contributed by atoms with Gasteiger partial charge in [0, 0.05) is 20.2 Å². The Labute approximate surface area is 122 Å². The van der Waals surface area contributed by atoms with E-state index in [0.29, 0.717) is 19.6 Å². The van der Waals surface area contributed by atoms with E-state index in [9.17, 15) is 12.8 Å². The van der Waals surface area contributed by atoms with Gasteiger partial charge in [-0.15, -0.1) is 0 Å². The molecule has 2 rings (SSSR count). The van der Waals surface area contributed by atoms with E-state index in [1.54, 1.807) is 0 Å². The van der Waals surface area contributed by atoms with E-state index in [2.05, 4.69) is 0 Å². The molecule has 1 aromatic carbocycles. The summed E-state index contributed by atoms with van der Waals surface area (Å²) in [4.78, 5) is -0.144. The molecule has 0 aromatic heterocycles. The minimum absolute atomic E-state index is 0.0324. The molecule has 1 aliphatic rings. The number of halogens is 2. The van der Waals surface area contributed by atoms with Crippen LogP contribution in [0.25, 0.3) is 0 Å². The molecule has 1 unspecified atom stereocenters. The molecule has 20 heavy (non-hydrogen) atoms. The summed E-state index contributed by atoms with van der Waals surface area (Å²) in [5.41, 5.74) is 5.72. The number of hydrogen-bond donors (Lipinski definition) is 1. The third kappa shape index (κ3) is 2.82. The minimum atomic E-state index is -3.80. The highest BCUT2D eigenvalue weighted by Crippen LogP contribution is 2.27. The second-order valence-electron chi connectivity index (χ2n) is 4.62. The van der Waals surface area contributed by atoms with Crippen molar-refractivity contribution in [1.82, 2.24) is 4.31 Å². The Balaban J connectivity index is 2.41. The lowest BCUT2D eigenvalue weighted by atomic mass is 10.2. The lowest BCUT2D eigenvalue weighted by Crippen LogP contribution is -2.37. The van der Waals surface area contributed by atoms with Crippen LogP contribution in [0.1, 0.15) is 12.0 Å². The smallest absolute Gasteiger partial charge is 0.243 e. The van der Waals surface area contributed by atoms with Crippen LogP contribution in [0.2, 0.25) is 5.02 Å². The van der Waals surface area contributed by atoms with Crippen LogP contribution in [-0.2, 0) is 21.3 Å². The number of nitrogens with two attached hydrogens (primary N) is 1. The SMILES string of the molecule is CN(C1CCOC1)S(=O)(=O)c1cc(F)c(Cl)c(CN)c1. The molecule has 2 N–H and O–H groups in total. The van der Waals surface area contributed by atoms with Gasteiger partial charge in [-0.25, -0.2) is 12.8 Å². The van der Waals surface area contributed by atoms with Crippen molar-refractivity contribution in [3.63, 3.8) is 0 Å². The molecule has 0 spiro atoms. The normalized spacial score (nSPS) is 19.8. The standard InChI is InChI=1S/C12H16ClFN2O3S/c1-16(9-2-3-19-7-9)20(17,18)10-4-8(6-15)12(13)11(14)5-10/h4-5,9H,2-3,6-7,15H2,1H3. The first-order chi connectivity index (χ1) is 9.37. The van der Waals surface area contributed by atoms with Crippen molar-refractivity contribution in [3.8, 4) is 0 Å². The maximum atomic E-state index is 13.7. The lowest BCUT2D eigenvalue weighted by Gasteiger charge is -2.23. The number of sulfonamides is 1. The van der Waals surface area contributed by atoms with E-state index in [4.69, 9.17) is 22.1 Å². The summed E-state index contributed by atoms with van der Waals surface area (Å²) in [6.45, 7) is 0.832. The highest BCUT2D eigenvalue weighted by Gasteiger charge is 2.31. The Morgan fingerprint density at radius 1 is 1.55 bits per heavy atom. The Bertz CT molecular complexity index is 603. The predicted molar refractivity (Wildman–Crippen MR) is 73.5 cm³/mol. The van der Waals surface area contributed by atoms with Gasteiger partial charge in [-0.05, 0) is 24.1 Å². The monoisotopic (exact) mass is 322 g/mol. The number of ether oxygens (including phenoxy) is 1. The van der Waals surface area contributed by atoms with Gasteiger partial charge in [0.05, 0.1) is 22.6 Å². The molecular formula is C12H16ClFN2O3S. The van der Waals surface area contributed by atoms with E-state index in [1.165, 1.54) is 17.4 Å². The average Bonchev–Trinajstić information content (AvgIpc) is 2.94. The average molecular weight is 323 g/mol. The van der Waals surface area contributed by atoms with Crippen LogP contribution < -0.4 is 5.73 Å². The zero-order valence-electron chi connectivity index (χ0n) is 11.0. The molecule has 0 aliphatic carbocycles. The number of likely N-dealkylation sites (N-methyl/N-ethyl adjacent to an activating group) is 1. The third-order valence-electron chi connectivity index (χ3n) is 3.39. The van der Waals surface area contributed by atoms with Crippen LogP contribution in [0.4, 0.5) is 4.39 Å². The number of hydrogen-bond acceptors (Lipinski definition) is 4. The van der Waals surface area contributed by atoms with E-state index in [-0.39, 0.29) is 28.1 Å². The first kappa shape index (κ1) is 15.7. The highest BCUT2D eigenvalue weighted by atomic mass is 35.5. The number of benzene rings is 1. The van der Waals surface area contributed by atoms with Crippen molar-refractivity contribution in [2.45, 2.75) is 23.9 Å². The Hall–Kier alpha value is -0.730. The summed E-state index contributed by atoms with van der Waals surface area (Å²) in [6.07, 6.45) is 0.621. The minimum Gasteiger partial charge on any atom is -0.380 e. The van der Waals surface area contributed by atoms with Crippen molar-refractivity contribution in [2.24, 2.45) is 5.73 Å². The van der Waals surface area contributed by atoms with Gasteiger partial charge in [0.1, 0.15) is 5.82 Å². The Morgan fingerprint density at radius 2 is 2.25 bits per heavy atom. The quantitative estimate of drug-likeness (QED) is 0.908. The summed E-state index contributed by atoms with van der Waals surface area (Å²) >= 11 is 5.74. The number of rotatable bonds is 4. The molecule has 0 bridgehead atoms. The maximum Gasteiger partial charge on any atom is 0.243 e. The molecule has 1 heterocycles. The molecule has 1 saturated heterocycles. The predicted octanol–water partition coefficient (Wildman–Crippen LogP) is 1.35. The van der Waals surface area contributed by atoms with Crippen LogP contribution in [-0.4, -0.2) is 39.0 Å². The highest BCUT2D eigenvalue weighted by molar-refractivity contribution is 7.89. The van der Waals surface area contributed by atoms with Crippen molar-refractivity contribution in [2.75, 3.05) is 20.3 Å². The first-order valence-electron chi connectivity index (χ1n) is 6.11. The maximum absolute atomic E-state index is 13.7. The fourth-order valence-corrected chi connectivity index (χ4v) is 3.71. The van der Waals surface area contributed by atoms with Gasteiger partial charge < -0.3 is 10.5 Å². The molecule has 5 nitrogen and oxygen atoms in total. The van der Waals surface area contributed by atoms with E-state index in [0.717, 1.165) is 6.07 Å². The third-order valence-corrected chi connectivity index (χ3v) is 5.70. The second-order valence-corrected chi connectivity index (χ2v) is 7.00. The molecular weight excluding hydrogens is 307 g/mol. The van der Waals surface area contributed by atoms with Crippen molar-refractivity contribution in [1.29, 1.82) is 0 Å². The van der Waals surface area contributed by atoms with Crippen LogP contribution in [0.3, 0.4) is 0 Å². The fraction of sp³-hybridized carbons (Fsp3) is 0.500. The zero-order valence-corrected chi connectivity index (χ0v) is 12.5. The van der Waals surface area contributed by atoms with E-state index < -0.39 is 15.8 Å². The Kier molecular flexibility index (Phi) is 4.66. The topological polar surface area (TPSA) is 72.6 Å². The van der Waals surface area contributed by atoms with Crippen molar-refractivity contribution in [3.05, 3.63) is 28.5 Å². The fourth-order valence-electron chi connectivity index (χ4n) is 2.09. The van der Waals surface area contributed by atoms with E-state index in [1.807, 2.05) is 0 Å². The summed E-state index contributed by atoms with van der Waals surface area (Å²) in [7, 11) is -2.33. The van der Waals surface area contributed by atoms with Gasteiger partial charge in [0.15, 0.2) is 0 Å². The van der Waals surface area contributed by atoms with Crippen LogP contribution in [0.15, 0.2) is 17.0 Å².